The van der Waals surface area contributed by atoms with E-state index in [9.17, 15) is 5.11 Å². The summed E-state index contributed by atoms with van der Waals surface area (Å²) in [5.74, 6) is 1.79. The third-order valence-corrected chi connectivity index (χ3v) is 5.48. The molecule has 0 amide bonds. The maximum Gasteiger partial charge on any atom is 0.226 e. The normalized spacial score (nSPS) is 12.2. The SMILES string of the molecule is CCc1ccc(OCCc2coc(-c3cc(C(C)(C)C)c(O)c(C(C)(C)C)c3)n2)cc1. The van der Waals surface area contributed by atoms with Gasteiger partial charge in [-0.25, -0.2) is 4.98 Å². The van der Waals surface area contributed by atoms with Crippen LogP contribution in [0.1, 0.15) is 70.9 Å². The Morgan fingerprint density at radius 1 is 0.935 bits per heavy atom. The minimum atomic E-state index is -0.198. The molecule has 0 fully saturated rings. The Morgan fingerprint density at radius 3 is 2.03 bits per heavy atom. The minimum Gasteiger partial charge on any atom is -0.507 e. The molecule has 3 aromatic rings. The van der Waals surface area contributed by atoms with Gasteiger partial charge in [-0.3, -0.25) is 0 Å². The van der Waals surface area contributed by atoms with Crippen molar-refractivity contribution in [2.75, 3.05) is 6.61 Å². The second-order valence-electron chi connectivity index (χ2n) is 10.2. The molecule has 0 saturated heterocycles. The fraction of sp³-hybridized carbons (Fsp3) is 0.444. The Hall–Kier alpha value is -2.75. The number of oxazole rings is 1. The summed E-state index contributed by atoms with van der Waals surface area (Å²) in [5.41, 5.74) is 4.43. The van der Waals surface area contributed by atoms with E-state index >= 15 is 0 Å². The van der Waals surface area contributed by atoms with Gasteiger partial charge in [-0.15, -0.1) is 0 Å². The van der Waals surface area contributed by atoms with E-state index in [2.05, 4.69) is 65.6 Å². The molecule has 0 aliphatic rings. The molecule has 4 heteroatoms. The number of benzene rings is 2. The molecule has 0 aliphatic heterocycles. The molecule has 4 nitrogen and oxygen atoms in total. The third-order valence-electron chi connectivity index (χ3n) is 5.48. The fourth-order valence-corrected chi connectivity index (χ4v) is 3.55. The van der Waals surface area contributed by atoms with Crippen LogP contribution in [0, 0.1) is 0 Å². The quantitative estimate of drug-likeness (QED) is 0.474. The molecule has 0 unspecified atom stereocenters. The number of rotatable bonds is 6. The number of phenolic OH excluding ortho intramolecular Hbond substituents is 1. The number of aromatic nitrogens is 1. The Bertz CT molecular complexity index is 983. The zero-order valence-electron chi connectivity index (χ0n) is 19.9. The molecule has 0 aliphatic carbocycles. The molecule has 0 radical (unpaired) electrons. The van der Waals surface area contributed by atoms with Crippen LogP contribution < -0.4 is 4.74 Å². The summed E-state index contributed by atoms with van der Waals surface area (Å²) in [6, 6.07) is 12.2. The average molecular weight is 422 g/mol. The first-order valence-electron chi connectivity index (χ1n) is 11.0. The largest absolute Gasteiger partial charge is 0.507 e. The van der Waals surface area contributed by atoms with Gasteiger partial charge in [0.2, 0.25) is 5.89 Å². The lowest BCUT2D eigenvalue weighted by Crippen LogP contribution is -2.17. The first-order valence-corrected chi connectivity index (χ1v) is 11.0. The summed E-state index contributed by atoms with van der Waals surface area (Å²) in [6.45, 7) is 15.3. The molecule has 0 spiro atoms. The monoisotopic (exact) mass is 421 g/mol. The van der Waals surface area contributed by atoms with Gasteiger partial charge < -0.3 is 14.3 Å². The van der Waals surface area contributed by atoms with E-state index in [1.54, 1.807) is 6.26 Å². The van der Waals surface area contributed by atoms with Crippen molar-refractivity contribution in [2.24, 2.45) is 0 Å². The Labute approximate surface area is 186 Å². The first kappa shape index (κ1) is 22.9. The summed E-state index contributed by atoms with van der Waals surface area (Å²) in [7, 11) is 0. The van der Waals surface area contributed by atoms with Crippen LogP contribution in [0.2, 0.25) is 0 Å². The highest BCUT2D eigenvalue weighted by Gasteiger charge is 2.27. The number of phenols is 1. The van der Waals surface area contributed by atoms with Gasteiger partial charge in [0.1, 0.15) is 17.8 Å². The maximum atomic E-state index is 10.9. The van der Waals surface area contributed by atoms with Crippen LogP contribution in [0.5, 0.6) is 11.5 Å². The maximum absolute atomic E-state index is 10.9. The van der Waals surface area contributed by atoms with Crippen LogP contribution in [-0.2, 0) is 23.7 Å². The lowest BCUT2D eigenvalue weighted by Gasteiger charge is -2.27. The Kier molecular flexibility index (Phi) is 6.49. The highest BCUT2D eigenvalue weighted by molar-refractivity contribution is 5.63. The van der Waals surface area contributed by atoms with Crippen LogP contribution in [0.15, 0.2) is 47.1 Å². The predicted molar refractivity (Wildman–Crippen MR) is 126 cm³/mol. The standard InChI is InChI=1S/C27H35NO3/c1-8-18-9-11-21(12-10-18)30-14-13-20-17-31-25(28-20)19-15-22(26(2,3)4)24(29)23(16-19)27(5,6)7/h9-12,15-17,29H,8,13-14H2,1-7H3. The molecule has 1 aromatic heterocycles. The molecule has 31 heavy (non-hydrogen) atoms. The second kappa shape index (κ2) is 8.78. The van der Waals surface area contributed by atoms with E-state index in [1.165, 1.54) is 5.56 Å². The summed E-state index contributed by atoms with van der Waals surface area (Å²) >= 11 is 0. The molecule has 2 aromatic carbocycles. The van der Waals surface area contributed by atoms with Crippen LogP contribution in [0.25, 0.3) is 11.5 Å². The topological polar surface area (TPSA) is 55.5 Å². The van der Waals surface area contributed by atoms with E-state index in [0.29, 0.717) is 24.7 Å². The fourth-order valence-electron chi connectivity index (χ4n) is 3.55. The van der Waals surface area contributed by atoms with Gasteiger partial charge >= 0.3 is 0 Å². The molecule has 3 rings (SSSR count). The Balaban J connectivity index is 1.79. The Morgan fingerprint density at radius 2 is 1.52 bits per heavy atom. The van der Waals surface area contributed by atoms with Crippen LogP contribution >= 0.6 is 0 Å². The number of aromatic hydroxyl groups is 1. The number of nitrogens with zero attached hydrogens (tertiary/aromatic N) is 1. The molecule has 166 valence electrons. The molecule has 1 N–H and O–H groups in total. The third kappa shape index (κ3) is 5.49. The molecule has 1 heterocycles. The van der Waals surface area contributed by atoms with Gasteiger partial charge in [-0.2, -0.15) is 0 Å². The molecular formula is C27H35NO3. The van der Waals surface area contributed by atoms with Crippen molar-refractivity contribution in [3.63, 3.8) is 0 Å². The molecular weight excluding hydrogens is 386 g/mol. The van der Waals surface area contributed by atoms with Crippen LogP contribution in [0.4, 0.5) is 0 Å². The number of ether oxygens (including phenoxy) is 1. The summed E-state index contributed by atoms with van der Waals surface area (Å²) in [5, 5.41) is 10.9. The number of hydrogen-bond donors (Lipinski definition) is 1. The van der Waals surface area contributed by atoms with Gasteiger partial charge in [-0.05, 0) is 47.1 Å². The lowest BCUT2D eigenvalue weighted by atomic mass is 9.78. The highest BCUT2D eigenvalue weighted by Crippen LogP contribution is 2.41. The lowest BCUT2D eigenvalue weighted by molar-refractivity contribution is 0.320. The zero-order chi connectivity index (χ0) is 22.8. The zero-order valence-corrected chi connectivity index (χ0v) is 19.9. The van der Waals surface area contributed by atoms with Gasteiger partial charge in [0.15, 0.2) is 0 Å². The summed E-state index contributed by atoms with van der Waals surface area (Å²) < 4.78 is 11.7. The van der Waals surface area contributed by atoms with E-state index in [0.717, 1.165) is 34.6 Å². The summed E-state index contributed by atoms with van der Waals surface area (Å²) in [4.78, 5) is 4.69. The van der Waals surface area contributed by atoms with Crippen LogP contribution in [-0.4, -0.2) is 16.7 Å². The van der Waals surface area contributed by atoms with Gasteiger partial charge in [0.25, 0.3) is 0 Å². The van der Waals surface area contributed by atoms with Crippen LogP contribution in [0.3, 0.4) is 0 Å². The van der Waals surface area contributed by atoms with E-state index in [4.69, 9.17) is 9.15 Å². The average Bonchev–Trinajstić information content (AvgIpc) is 3.16. The van der Waals surface area contributed by atoms with E-state index < -0.39 is 0 Å². The van der Waals surface area contributed by atoms with Gasteiger partial charge in [0.05, 0.1) is 12.3 Å². The minimum absolute atomic E-state index is 0.198. The van der Waals surface area contributed by atoms with Gasteiger partial charge in [0, 0.05) is 23.1 Å². The predicted octanol–water partition coefficient (Wildman–Crippen LogP) is 6.83. The van der Waals surface area contributed by atoms with Crippen molar-refractivity contribution in [2.45, 2.75) is 72.1 Å². The van der Waals surface area contributed by atoms with Gasteiger partial charge in [-0.1, -0.05) is 60.6 Å². The van der Waals surface area contributed by atoms with Crippen molar-refractivity contribution in [3.8, 4) is 23.0 Å². The van der Waals surface area contributed by atoms with Crippen molar-refractivity contribution < 1.29 is 14.3 Å². The smallest absolute Gasteiger partial charge is 0.226 e. The second-order valence-corrected chi connectivity index (χ2v) is 10.2. The highest BCUT2D eigenvalue weighted by atomic mass is 16.5. The van der Waals surface area contributed by atoms with Crippen molar-refractivity contribution in [3.05, 3.63) is 65.0 Å². The van der Waals surface area contributed by atoms with E-state index in [-0.39, 0.29) is 10.8 Å². The summed E-state index contributed by atoms with van der Waals surface area (Å²) in [6.07, 6.45) is 3.38. The molecule has 0 saturated carbocycles. The van der Waals surface area contributed by atoms with E-state index in [1.807, 2.05) is 24.3 Å². The van der Waals surface area contributed by atoms with Crippen molar-refractivity contribution in [1.82, 2.24) is 4.98 Å². The first-order chi connectivity index (χ1) is 14.5. The molecule has 0 bridgehead atoms. The number of aryl methyl sites for hydroxylation is 1. The van der Waals surface area contributed by atoms with Crippen molar-refractivity contribution >= 4 is 0 Å². The van der Waals surface area contributed by atoms with Crippen molar-refractivity contribution in [1.29, 1.82) is 0 Å². The molecule has 0 atom stereocenters. The number of hydrogen-bond acceptors (Lipinski definition) is 4.